The summed E-state index contributed by atoms with van der Waals surface area (Å²) >= 11 is 9.26. The largest absolute Gasteiger partial charge is 0.478 e. The van der Waals surface area contributed by atoms with Gasteiger partial charge >= 0.3 is 5.97 Å². The van der Waals surface area contributed by atoms with E-state index in [-0.39, 0.29) is 5.56 Å². The average Bonchev–Trinajstić information content (AvgIpc) is 2.47. The number of carbonyl (C=O) groups is 1. The molecule has 0 aliphatic rings. The summed E-state index contributed by atoms with van der Waals surface area (Å²) in [6.45, 7) is 0. The molecule has 0 aliphatic heterocycles. The zero-order valence-corrected chi connectivity index (χ0v) is 13.0. The molecule has 0 saturated carbocycles. The van der Waals surface area contributed by atoms with Crippen LogP contribution in [-0.4, -0.2) is 16.1 Å². The second-order valence-corrected chi connectivity index (χ2v) is 5.79. The molecule has 21 heavy (non-hydrogen) atoms. The Morgan fingerprint density at radius 3 is 2.52 bits per heavy atom. The number of carboxylic acid groups (broad SMARTS) is 1. The topological polar surface area (TPSA) is 50.2 Å². The highest BCUT2D eigenvalue weighted by Crippen LogP contribution is 2.30. The molecule has 0 unspecified atom stereocenters. The molecule has 0 amide bonds. The van der Waals surface area contributed by atoms with Gasteiger partial charge in [0.05, 0.1) is 16.8 Å². The number of halogens is 2. The molecule has 0 bridgehead atoms. The molecular formula is C16H9BrClNO2. The summed E-state index contributed by atoms with van der Waals surface area (Å²) in [7, 11) is 0. The van der Waals surface area contributed by atoms with Crippen LogP contribution < -0.4 is 0 Å². The number of aromatic carboxylic acids is 1. The van der Waals surface area contributed by atoms with E-state index in [4.69, 9.17) is 11.6 Å². The minimum absolute atomic E-state index is 0.220. The quantitative estimate of drug-likeness (QED) is 0.696. The van der Waals surface area contributed by atoms with Gasteiger partial charge in [0.1, 0.15) is 0 Å². The zero-order valence-electron chi connectivity index (χ0n) is 10.7. The van der Waals surface area contributed by atoms with Gasteiger partial charge in [-0.2, -0.15) is 0 Å². The first kappa shape index (κ1) is 14.0. The predicted molar refractivity (Wildman–Crippen MR) is 86.8 cm³/mol. The van der Waals surface area contributed by atoms with Crippen LogP contribution in [0, 0.1) is 0 Å². The zero-order chi connectivity index (χ0) is 15.0. The molecule has 0 aliphatic carbocycles. The van der Waals surface area contributed by atoms with Crippen molar-refractivity contribution in [3.63, 3.8) is 0 Å². The van der Waals surface area contributed by atoms with Crippen molar-refractivity contribution >= 4 is 44.4 Å². The van der Waals surface area contributed by atoms with Crippen LogP contribution in [0.15, 0.2) is 53.0 Å². The first-order valence-electron chi connectivity index (χ1n) is 6.15. The number of aromatic nitrogens is 1. The Morgan fingerprint density at radius 1 is 1.14 bits per heavy atom. The van der Waals surface area contributed by atoms with E-state index < -0.39 is 5.97 Å². The van der Waals surface area contributed by atoms with Gasteiger partial charge in [0.15, 0.2) is 0 Å². The van der Waals surface area contributed by atoms with Gasteiger partial charge in [-0.15, -0.1) is 0 Å². The van der Waals surface area contributed by atoms with Gasteiger partial charge in [-0.3, -0.25) is 0 Å². The SMILES string of the molecule is O=C(O)c1cc(-c2ccc(Cl)cc2)nc2cccc(Br)c12. The van der Waals surface area contributed by atoms with Gasteiger partial charge < -0.3 is 5.11 Å². The monoisotopic (exact) mass is 361 g/mol. The highest BCUT2D eigenvalue weighted by molar-refractivity contribution is 9.10. The first-order valence-corrected chi connectivity index (χ1v) is 7.32. The van der Waals surface area contributed by atoms with Gasteiger partial charge in [-0.1, -0.05) is 45.7 Å². The normalized spacial score (nSPS) is 10.8. The van der Waals surface area contributed by atoms with Crippen LogP contribution in [0.1, 0.15) is 10.4 Å². The molecular weight excluding hydrogens is 354 g/mol. The third-order valence-corrected chi connectivity index (χ3v) is 4.07. The van der Waals surface area contributed by atoms with E-state index in [0.717, 1.165) is 5.56 Å². The Kier molecular flexibility index (Phi) is 3.66. The highest BCUT2D eigenvalue weighted by Gasteiger charge is 2.15. The Morgan fingerprint density at radius 2 is 1.86 bits per heavy atom. The summed E-state index contributed by atoms with van der Waals surface area (Å²) in [5.41, 5.74) is 2.28. The fraction of sp³-hybridized carbons (Fsp3) is 0. The fourth-order valence-corrected chi connectivity index (χ4v) is 2.88. The van der Waals surface area contributed by atoms with Crippen molar-refractivity contribution in [2.24, 2.45) is 0 Å². The molecule has 0 saturated heterocycles. The van der Waals surface area contributed by atoms with Crippen LogP contribution in [0.3, 0.4) is 0 Å². The molecule has 5 heteroatoms. The molecule has 1 N–H and O–H groups in total. The summed E-state index contributed by atoms with van der Waals surface area (Å²) in [6.07, 6.45) is 0. The summed E-state index contributed by atoms with van der Waals surface area (Å²) in [5, 5.41) is 10.7. The Labute approximate surface area is 134 Å². The van der Waals surface area contributed by atoms with Gasteiger partial charge in [-0.05, 0) is 30.3 Å². The third kappa shape index (κ3) is 2.64. The molecule has 0 atom stereocenters. The van der Waals surface area contributed by atoms with Crippen molar-refractivity contribution in [2.45, 2.75) is 0 Å². The highest BCUT2D eigenvalue weighted by atomic mass is 79.9. The van der Waals surface area contributed by atoms with Crippen LogP contribution in [0.2, 0.25) is 5.02 Å². The minimum Gasteiger partial charge on any atom is -0.478 e. The van der Waals surface area contributed by atoms with Gasteiger partial charge in [0.25, 0.3) is 0 Å². The fourth-order valence-electron chi connectivity index (χ4n) is 2.18. The molecule has 0 radical (unpaired) electrons. The summed E-state index contributed by atoms with van der Waals surface area (Å²) < 4.78 is 0.715. The lowest BCUT2D eigenvalue weighted by molar-refractivity contribution is 0.0699. The second-order valence-electron chi connectivity index (χ2n) is 4.50. The summed E-state index contributed by atoms with van der Waals surface area (Å²) in [4.78, 5) is 16.1. The van der Waals surface area contributed by atoms with Crippen LogP contribution >= 0.6 is 27.5 Å². The van der Waals surface area contributed by atoms with Crippen molar-refractivity contribution in [1.29, 1.82) is 0 Å². The Hall–Kier alpha value is -1.91. The lowest BCUT2D eigenvalue weighted by Crippen LogP contribution is -2.00. The standard InChI is InChI=1S/C16H9BrClNO2/c17-12-2-1-3-13-15(12)11(16(20)21)8-14(19-13)9-4-6-10(18)7-5-9/h1-8H,(H,20,21). The number of nitrogens with zero attached hydrogens (tertiary/aromatic N) is 1. The van der Waals surface area contributed by atoms with E-state index >= 15 is 0 Å². The van der Waals surface area contributed by atoms with E-state index in [1.807, 2.05) is 18.2 Å². The van der Waals surface area contributed by atoms with E-state index in [1.54, 1.807) is 30.3 Å². The predicted octanol–water partition coefficient (Wildman–Crippen LogP) is 5.02. The molecule has 1 heterocycles. The number of rotatable bonds is 2. The molecule has 3 nitrogen and oxygen atoms in total. The van der Waals surface area contributed by atoms with E-state index in [1.165, 1.54) is 0 Å². The number of fused-ring (bicyclic) bond motifs is 1. The van der Waals surface area contributed by atoms with Gasteiger partial charge in [-0.25, -0.2) is 9.78 Å². The van der Waals surface area contributed by atoms with Crippen molar-refractivity contribution in [1.82, 2.24) is 4.98 Å². The maximum absolute atomic E-state index is 11.5. The lowest BCUT2D eigenvalue weighted by Gasteiger charge is -2.08. The van der Waals surface area contributed by atoms with Crippen molar-refractivity contribution < 1.29 is 9.90 Å². The van der Waals surface area contributed by atoms with Crippen LogP contribution in [0.4, 0.5) is 0 Å². The third-order valence-electron chi connectivity index (χ3n) is 3.15. The van der Waals surface area contributed by atoms with E-state index in [0.29, 0.717) is 26.1 Å². The molecule has 1 aromatic heterocycles. The summed E-state index contributed by atoms with van der Waals surface area (Å²) in [5.74, 6) is -0.982. The molecule has 2 aromatic carbocycles. The molecule has 3 aromatic rings. The molecule has 104 valence electrons. The Bertz CT molecular complexity index is 847. The summed E-state index contributed by atoms with van der Waals surface area (Å²) in [6, 6.07) is 14.2. The Balaban J connectivity index is 2.31. The number of benzene rings is 2. The molecule has 0 spiro atoms. The number of hydrogen-bond donors (Lipinski definition) is 1. The van der Waals surface area contributed by atoms with Crippen LogP contribution in [0.5, 0.6) is 0 Å². The van der Waals surface area contributed by atoms with Crippen LogP contribution in [0.25, 0.3) is 22.2 Å². The molecule has 0 fully saturated rings. The lowest BCUT2D eigenvalue weighted by atomic mass is 10.0. The number of carboxylic acids is 1. The van der Waals surface area contributed by atoms with Gasteiger partial charge in [0, 0.05) is 20.4 Å². The number of hydrogen-bond acceptors (Lipinski definition) is 2. The maximum atomic E-state index is 11.5. The average molecular weight is 363 g/mol. The molecule has 3 rings (SSSR count). The van der Waals surface area contributed by atoms with Crippen molar-refractivity contribution in [3.8, 4) is 11.3 Å². The van der Waals surface area contributed by atoms with Gasteiger partial charge in [0.2, 0.25) is 0 Å². The van der Waals surface area contributed by atoms with Crippen molar-refractivity contribution in [2.75, 3.05) is 0 Å². The first-order chi connectivity index (χ1) is 10.1. The van der Waals surface area contributed by atoms with Crippen molar-refractivity contribution in [3.05, 3.63) is 63.6 Å². The maximum Gasteiger partial charge on any atom is 0.336 e. The van der Waals surface area contributed by atoms with E-state index in [9.17, 15) is 9.90 Å². The van der Waals surface area contributed by atoms with E-state index in [2.05, 4.69) is 20.9 Å². The number of pyridine rings is 1. The smallest absolute Gasteiger partial charge is 0.336 e. The minimum atomic E-state index is -0.982. The van der Waals surface area contributed by atoms with Crippen LogP contribution in [-0.2, 0) is 0 Å². The second kappa shape index (κ2) is 5.47.